The van der Waals surface area contributed by atoms with Crippen molar-refractivity contribution in [3.63, 3.8) is 0 Å². The van der Waals surface area contributed by atoms with E-state index in [4.69, 9.17) is 0 Å². The summed E-state index contributed by atoms with van der Waals surface area (Å²) in [6, 6.07) is 1.99. The van der Waals surface area contributed by atoms with Crippen LogP contribution in [0.5, 0.6) is 0 Å². The molecule has 1 atom stereocenters. The normalized spacial score (nSPS) is 12.5. The van der Waals surface area contributed by atoms with Crippen molar-refractivity contribution in [2.24, 2.45) is 0 Å². The number of nitrogens with one attached hydrogen (secondary N) is 1. The van der Waals surface area contributed by atoms with Crippen molar-refractivity contribution in [3.05, 3.63) is 18.5 Å². The molecule has 1 amide bonds. The van der Waals surface area contributed by atoms with Crippen LogP contribution in [0.4, 0.5) is 0 Å². The molecule has 1 rings (SSSR count). The molecular weight excluding hydrogens is 142 g/mol. The van der Waals surface area contributed by atoms with Gasteiger partial charge in [0.2, 0.25) is 6.41 Å². The second kappa shape index (κ2) is 3.75. The number of amides is 1. The van der Waals surface area contributed by atoms with Gasteiger partial charge >= 0.3 is 0 Å². The molecule has 4 nitrogen and oxygen atoms in total. The van der Waals surface area contributed by atoms with Crippen molar-refractivity contribution in [1.29, 1.82) is 0 Å². The van der Waals surface area contributed by atoms with Crippen LogP contribution in [0.1, 0.15) is 6.92 Å². The number of aromatic nitrogens is 2. The predicted octanol–water partition coefficient (Wildman–Crippen LogP) is 0.0176. The number of rotatable bonds is 4. The van der Waals surface area contributed by atoms with Gasteiger partial charge < -0.3 is 5.32 Å². The minimum absolute atomic E-state index is 0.132. The average molecular weight is 153 g/mol. The summed E-state index contributed by atoms with van der Waals surface area (Å²) in [5.41, 5.74) is 0. The maximum Gasteiger partial charge on any atom is 0.207 e. The summed E-state index contributed by atoms with van der Waals surface area (Å²) in [6.45, 7) is 2.64. The van der Waals surface area contributed by atoms with E-state index in [-0.39, 0.29) is 6.04 Å². The van der Waals surface area contributed by atoms with Crippen LogP contribution in [-0.2, 0) is 11.3 Å². The van der Waals surface area contributed by atoms with E-state index in [9.17, 15) is 4.79 Å². The first kappa shape index (κ1) is 7.78. The van der Waals surface area contributed by atoms with E-state index in [1.165, 1.54) is 0 Å². The molecule has 1 unspecified atom stereocenters. The fourth-order valence-electron chi connectivity index (χ4n) is 0.858. The molecule has 1 aromatic rings. The van der Waals surface area contributed by atoms with Crippen molar-refractivity contribution in [1.82, 2.24) is 15.1 Å². The number of hydrogen-bond donors (Lipinski definition) is 1. The highest BCUT2D eigenvalue weighted by Crippen LogP contribution is 1.88. The number of nitrogens with zero attached hydrogens (tertiary/aromatic N) is 2. The maximum atomic E-state index is 10.0. The second-order valence-electron chi connectivity index (χ2n) is 2.41. The van der Waals surface area contributed by atoms with Crippen LogP contribution in [0.15, 0.2) is 18.5 Å². The van der Waals surface area contributed by atoms with Gasteiger partial charge in [-0.05, 0) is 13.0 Å². The summed E-state index contributed by atoms with van der Waals surface area (Å²) >= 11 is 0. The van der Waals surface area contributed by atoms with Crippen molar-refractivity contribution in [2.45, 2.75) is 19.5 Å². The summed E-state index contributed by atoms with van der Waals surface area (Å²) in [5.74, 6) is 0. The van der Waals surface area contributed by atoms with E-state index < -0.39 is 0 Å². The third-order valence-electron chi connectivity index (χ3n) is 1.37. The molecule has 1 heterocycles. The van der Waals surface area contributed by atoms with Gasteiger partial charge in [-0.3, -0.25) is 9.48 Å². The van der Waals surface area contributed by atoms with Gasteiger partial charge in [-0.15, -0.1) is 0 Å². The van der Waals surface area contributed by atoms with Crippen LogP contribution in [0.2, 0.25) is 0 Å². The molecule has 1 aromatic heterocycles. The van der Waals surface area contributed by atoms with E-state index >= 15 is 0 Å². The van der Waals surface area contributed by atoms with Gasteiger partial charge in [0, 0.05) is 18.4 Å². The van der Waals surface area contributed by atoms with E-state index in [1.807, 2.05) is 19.2 Å². The van der Waals surface area contributed by atoms with E-state index in [0.717, 1.165) is 0 Å². The lowest BCUT2D eigenvalue weighted by atomic mass is 10.3. The highest BCUT2D eigenvalue weighted by atomic mass is 16.1. The zero-order valence-corrected chi connectivity index (χ0v) is 6.40. The topological polar surface area (TPSA) is 46.9 Å². The smallest absolute Gasteiger partial charge is 0.207 e. The highest BCUT2D eigenvalue weighted by Gasteiger charge is 1.99. The van der Waals surface area contributed by atoms with Crippen molar-refractivity contribution in [2.75, 3.05) is 0 Å². The molecular formula is C7H11N3O. The van der Waals surface area contributed by atoms with Crippen molar-refractivity contribution < 1.29 is 4.79 Å². The predicted molar refractivity (Wildman–Crippen MR) is 40.9 cm³/mol. The monoisotopic (exact) mass is 153 g/mol. The highest BCUT2D eigenvalue weighted by molar-refractivity contribution is 5.46. The van der Waals surface area contributed by atoms with Gasteiger partial charge in [0.05, 0.1) is 6.54 Å². The minimum atomic E-state index is 0.132. The maximum absolute atomic E-state index is 10.0. The molecule has 0 bridgehead atoms. The number of carbonyl (C=O) groups excluding carboxylic acids is 1. The Morgan fingerprint density at radius 3 is 3.18 bits per heavy atom. The second-order valence-corrected chi connectivity index (χ2v) is 2.41. The minimum Gasteiger partial charge on any atom is -0.354 e. The lowest BCUT2D eigenvalue weighted by Crippen LogP contribution is -2.29. The zero-order chi connectivity index (χ0) is 8.10. The Labute approximate surface area is 65.2 Å². The molecule has 0 aliphatic carbocycles. The van der Waals surface area contributed by atoms with Crippen molar-refractivity contribution >= 4 is 6.41 Å². The first-order chi connectivity index (χ1) is 5.33. The lowest BCUT2D eigenvalue weighted by Gasteiger charge is -2.08. The van der Waals surface area contributed by atoms with Crippen LogP contribution in [0.3, 0.4) is 0 Å². The molecule has 0 spiro atoms. The van der Waals surface area contributed by atoms with Gasteiger partial charge in [-0.1, -0.05) is 0 Å². The number of hydrogen-bond acceptors (Lipinski definition) is 2. The van der Waals surface area contributed by atoms with Gasteiger partial charge in [-0.25, -0.2) is 0 Å². The Bertz CT molecular complexity index is 207. The lowest BCUT2D eigenvalue weighted by molar-refractivity contribution is -0.110. The van der Waals surface area contributed by atoms with Crippen LogP contribution < -0.4 is 5.32 Å². The Kier molecular flexibility index (Phi) is 2.66. The van der Waals surface area contributed by atoms with Gasteiger partial charge in [0.15, 0.2) is 0 Å². The SMILES string of the molecule is CC(Cn1cccn1)NC=O. The third-order valence-corrected chi connectivity index (χ3v) is 1.37. The van der Waals surface area contributed by atoms with Crippen LogP contribution in [-0.4, -0.2) is 22.2 Å². The molecule has 0 saturated heterocycles. The summed E-state index contributed by atoms with van der Waals surface area (Å²) in [6.07, 6.45) is 4.28. The fraction of sp³-hybridized carbons (Fsp3) is 0.429. The summed E-state index contributed by atoms with van der Waals surface area (Å²) in [7, 11) is 0. The molecule has 1 N–H and O–H groups in total. The van der Waals surface area contributed by atoms with Crippen LogP contribution >= 0.6 is 0 Å². The Balaban J connectivity index is 2.37. The molecule has 60 valence electrons. The zero-order valence-electron chi connectivity index (χ0n) is 6.40. The molecule has 4 heteroatoms. The average Bonchev–Trinajstić information content (AvgIpc) is 2.40. The molecule has 0 radical (unpaired) electrons. The Hall–Kier alpha value is -1.32. The molecule has 0 aliphatic heterocycles. The molecule has 11 heavy (non-hydrogen) atoms. The third kappa shape index (κ3) is 2.41. The summed E-state index contributed by atoms with van der Waals surface area (Å²) in [5, 5.41) is 6.64. The molecule has 0 aliphatic rings. The molecule has 0 saturated carbocycles. The van der Waals surface area contributed by atoms with Crippen LogP contribution in [0.25, 0.3) is 0 Å². The van der Waals surface area contributed by atoms with Crippen molar-refractivity contribution in [3.8, 4) is 0 Å². The van der Waals surface area contributed by atoms with E-state index in [2.05, 4.69) is 10.4 Å². The van der Waals surface area contributed by atoms with E-state index in [0.29, 0.717) is 13.0 Å². The first-order valence-electron chi connectivity index (χ1n) is 3.50. The van der Waals surface area contributed by atoms with Crippen LogP contribution in [0, 0.1) is 0 Å². The fourth-order valence-corrected chi connectivity index (χ4v) is 0.858. The number of carbonyl (C=O) groups is 1. The molecule has 0 fully saturated rings. The first-order valence-corrected chi connectivity index (χ1v) is 3.50. The summed E-state index contributed by atoms with van der Waals surface area (Å²) in [4.78, 5) is 10.0. The van der Waals surface area contributed by atoms with E-state index in [1.54, 1.807) is 10.9 Å². The Morgan fingerprint density at radius 2 is 2.64 bits per heavy atom. The van der Waals surface area contributed by atoms with Gasteiger partial charge in [-0.2, -0.15) is 5.10 Å². The quantitative estimate of drug-likeness (QED) is 0.620. The standard InChI is InChI=1S/C7H11N3O/c1-7(8-6-11)5-10-4-2-3-9-10/h2-4,6-7H,5H2,1H3,(H,8,11). The summed E-state index contributed by atoms with van der Waals surface area (Å²) < 4.78 is 1.78. The largest absolute Gasteiger partial charge is 0.354 e. The van der Waals surface area contributed by atoms with Gasteiger partial charge in [0.1, 0.15) is 0 Å². The Morgan fingerprint density at radius 1 is 1.82 bits per heavy atom. The molecule has 0 aromatic carbocycles. The van der Waals surface area contributed by atoms with Gasteiger partial charge in [0.25, 0.3) is 0 Å².